The molecule has 4 nitrogen and oxygen atoms in total. The van der Waals surface area contributed by atoms with Gasteiger partial charge >= 0.3 is 5.97 Å². The third-order valence-electron chi connectivity index (χ3n) is 2.91. The Hall–Kier alpha value is -2.07. The number of pyridine rings is 1. The molecule has 0 spiro atoms. The minimum absolute atomic E-state index is 0.169. The zero-order valence-electron chi connectivity index (χ0n) is 11.2. The summed E-state index contributed by atoms with van der Waals surface area (Å²) in [5.74, 6) is -0.0144. The molecule has 0 fully saturated rings. The van der Waals surface area contributed by atoms with Crippen molar-refractivity contribution in [1.29, 1.82) is 0 Å². The Morgan fingerprint density at radius 3 is 2.70 bits per heavy atom. The first-order valence-electron chi connectivity index (χ1n) is 6.18. The molecule has 1 heterocycles. The molecule has 0 unspecified atom stereocenters. The molecule has 5 heteroatoms. The number of rotatable bonds is 4. The van der Waals surface area contributed by atoms with Crippen molar-refractivity contribution in [3.8, 4) is 11.6 Å². The molecule has 2 rings (SSSR count). The fourth-order valence-electron chi connectivity index (χ4n) is 1.83. The zero-order chi connectivity index (χ0) is 14.7. The molecule has 0 amide bonds. The summed E-state index contributed by atoms with van der Waals surface area (Å²) in [6.07, 6.45) is 0.806. The smallest absolute Gasteiger partial charge is 0.337 e. The number of hydrogen-bond donors (Lipinski definition) is 1. The summed E-state index contributed by atoms with van der Waals surface area (Å²) in [6.45, 7) is 3.64. The molecule has 0 aliphatic rings. The number of carbonyl (C=O) groups is 1. The molecule has 0 aliphatic carbocycles. The highest BCUT2D eigenvalue weighted by Gasteiger charge is 2.10. The predicted molar refractivity (Wildman–Crippen MR) is 76.8 cm³/mol. The molecule has 0 saturated heterocycles. The molecule has 1 N–H and O–H groups in total. The lowest BCUT2D eigenvalue weighted by atomic mass is 10.1. The van der Waals surface area contributed by atoms with Crippen LogP contribution in [0.25, 0.3) is 0 Å². The van der Waals surface area contributed by atoms with Crippen LogP contribution in [0.5, 0.6) is 11.6 Å². The topological polar surface area (TPSA) is 59.4 Å². The fourth-order valence-corrected chi connectivity index (χ4v) is 2.08. The highest BCUT2D eigenvalue weighted by molar-refractivity contribution is 6.31. The van der Waals surface area contributed by atoms with E-state index in [0.717, 1.165) is 12.0 Å². The maximum Gasteiger partial charge on any atom is 0.337 e. The van der Waals surface area contributed by atoms with E-state index >= 15 is 0 Å². The zero-order valence-corrected chi connectivity index (χ0v) is 11.9. The molecule has 20 heavy (non-hydrogen) atoms. The first kappa shape index (κ1) is 14.3. The SMILES string of the molecule is CCc1cc(Oc2ccc(C(=O)O)c(C)n2)ccc1Cl. The highest BCUT2D eigenvalue weighted by atomic mass is 35.5. The second kappa shape index (κ2) is 5.92. The van der Waals surface area contributed by atoms with E-state index in [2.05, 4.69) is 4.98 Å². The largest absolute Gasteiger partial charge is 0.478 e. The van der Waals surface area contributed by atoms with Crippen LogP contribution in [0.3, 0.4) is 0 Å². The first-order chi connectivity index (χ1) is 9.51. The van der Waals surface area contributed by atoms with Gasteiger partial charge in [0.25, 0.3) is 0 Å². The maximum atomic E-state index is 10.9. The summed E-state index contributed by atoms with van der Waals surface area (Å²) >= 11 is 6.04. The van der Waals surface area contributed by atoms with Crippen molar-refractivity contribution < 1.29 is 14.6 Å². The van der Waals surface area contributed by atoms with Gasteiger partial charge < -0.3 is 9.84 Å². The number of carboxylic acid groups (broad SMARTS) is 1. The van der Waals surface area contributed by atoms with E-state index in [4.69, 9.17) is 21.4 Å². The van der Waals surface area contributed by atoms with Crippen molar-refractivity contribution in [2.24, 2.45) is 0 Å². The van der Waals surface area contributed by atoms with E-state index in [0.29, 0.717) is 22.3 Å². The van der Waals surface area contributed by atoms with Gasteiger partial charge in [-0.2, -0.15) is 0 Å². The van der Waals surface area contributed by atoms with Crippen LogP contribution in [0.2, 0.25) is 5.02 Å². The highest BCUT2D eigenvalue weighted by Crippen LogP contribution is 2.26. The summed E-state index contributed by atoms with van der Waals surface area (Å²) in [6, 6.07) is 8.40. The first-order valence-corrected chi connectivity index (χ1v) is 6.56. The molecule has 0 aliphatic heterocycles. The minimum Gasteiger partial charge on any atom is -0.478 e. The quantitative estimate of drug-likeness (QED) is 0.921. The Morgan fingerprint density at radius 1 is 1.35 bits per heavy atom. The van der Waals surface area contributed by atoms with Gasteiger partial charge in [-0.3, -0.25) is 0 Å². The number of aromatic nitrogens is 1. The van der Waals surface area contributed by atoms with E-state index in [1.807, 2.05) is 13.0 Å². The van der Waals surface area contributed by atoms with Crippen molar-refractivity contribution in [2.75, 3.05) is 0 Å². The standard InChI is InChI=1S/C15H14ClNO3/c1-3-10-8-11(4-6-13(10)16)20-14-7-5-12(15(18)19)9(2)17-14/h4-8H,3H2,1-2H3,(H,18,19). The van der Waals surface area contributed by atoms with Crippen LogP contribution < -0.4 is 4.74 Å². The Labute approximate surface area is 122 Å². The van der Waals surface area contributed by atoms with Gasteiger partial charge in [-0.1, -0.05) is 18.5 Å². The van der Waals surface area contributed by atoms with Crippen molar-refractivity contribution >= 4 is 17.6 Å². The lowest BCUT2D eigenvalue weighted by molar-refractivity contribution is 0.0695. The minimum atomic E-state index is -0.999. The number of hydrogen-bond acceptors (Lipinski definition) is 3. The monoisotopic (exact) mass is 291 g/mol. The van der Waals surface area contributed by atoms with Crippen LogP contribution >= 0.6 is 11.6 Å². The van der Waals surface area contributed by atoms with E-state index in [9.17, 15) is 4.79 Å². The lowest BCUT2D eigenvalue weighted by Gasteiger charge is -2.09. The number of carboxylic acids is 1. The third-order valence-corrected chi connectivity index (χ3v) is 3.28. The second-order valence-electron chi connectivity index (χ2n) is 4.30. The van der Waals surface area contributed by atoms with E-state index in [1.165, 1.54) is 12.1 Å². The van der Waals surface area contributed by atoms with Crippen LogP contribution in [0.4, 0.5) is 0 Å². The fraction of sp³-hybridized carbons (Fsp3) is 0.200. The normalized spacial score (nSPS) is 10.3. The summed E-state index contributed by atoms with van der Waals surface area (Å²) in [5, 5.41) is 9.65. The number of aryl methyl sites for hydroxylation is 2. The third kappa shape index (κ3) is 3.08. The van der Waals surface area contributed by atoms with Gasteiger partial charge in [0.15, 0.2) is 0 Å². The van der Waals surface area contributed by atoms with Crippen molar-refractivity contribution in [1.82, 2.24) is 4.98 Å². The Balaban J connectivity index is 2.26. The maximum absolute atomic E-state index is 10.9. The van der Waals surface area contributed by atoms with Crippen molar-refractivity contribution in [3.05, 3.63) is 52.2 Å². The van der Waals surface area contributed by atoms with Crippen LogP contribution in [0.15, 0.2) is 30.3 Å². The number of halogens is 1. The Kier molecular flexibility index (Phi) is 4.25. The lowest BCUT2D eigenvalue weighted by Crippen LogP contribution is -2.02. The molecule has 104 valence electrons. The van der Waals surface area contributed by atoms with Crippen molar-refractivity contribution in [3.63, 3.8) is 0 Å². The van der Waals surface area contributed by atoms with Gasteiger partial charge in [0.2, 0.25) is 5.88 Å². The average Bonchev–Trinajstić information content (AvgIpc) is 2.40. The summed E-state index contributed by atoms with van der Waals surface area (Å²) < 4.78 is 5.63. The van der Waals surface area contributed by atoms with Gasteiger partial charge in [-0.25, -0.2) is 9.78 Å². The van der Waals surface area contributed by atoms with Crippen molar-refractivity contribution in [2.45, 2.75) is 20.3 Å². The summed E-state index contributed by atoms with van der Waals surface area (Å²) in [7, 11) is 0. The van der Waals surface area contributed by atoms with Crippen LogP contribution in [0, 0.1) is 6.92 Å². The molecule has 1 aromatic carbocycles. The molecule has 2 aromatic rings. The number of aromatic carboxylic acids is 1. The number of ether oxygens (including phenoxy) is 1. The molecule has 0 radical (unpaired) electrons. The van der Waals surface area contributed by atoms with Crippen LogP contribution in [-0.4, -0.2) is 16.1 Å². The molecule has 1 aromatic heterocycles. The van der Waals surface area contributed by atoms with Crippen LogP contribution in [0.1, 0.15) is 28.5 Å². The predicted octanol–water partition coefficient (Wildman–Crippen LogP) is 4.10. The summed E-state index contributed by atoms with van der Waals surface area (Å²) in [5.41, 5.74) is 1.57. The van der Waals surface area contributed by atoms with Gasteiger partial charge in [-0.15, -0.1) is 0 Å². The number of benzene rings is 1. The average molecular weight is 292 g/mol. The van der Waals surface area contributed by atoms with E-state index in [1.54, 1.807) is 19.1 Å². The van der Waals surface area contributed by atoms with Gasteiger partial charge in [-0.05, 0) is 43.2 Å². The van der Waals surface area contributed by atoms with Gasteiger partial charge in [0.05, 0.1) is 11.3 Å². The second-order valence-corrected chi connectivity index (χ2v) is 4.70. The Bertz CT molecular complexity index is 656. The van der Waals surface area contributed by atoms with Crippen LogP contribution in [-0.2, 0) is 6.42 Å². The molecular formula is C15H14ClNO3. The van der Waals surface area contributed by atoms with E-state index in [-0.39, 0.29) is 5.56 Å². The molecule has 0 bridgehead atoms. The Morgan fingerprint density at radius 2 is 2.10 bits per heavy atom. The van der Waals surface area contributed by atoms with E-state index < -0.39 is 5.97 Å². The molecule has 0 saturated carbocycles. The van der Waals surface area contributed by atoms with Gasteiger partial charge in [0.1, 0.15) is 5.75 Å². The van der Waals surface area contributed by atoms with Gasteiger partial charge in [0, 0.05) is 11.1 Å². The molecular weight excluding hydrogens is 278 g/mol. The summed E-state index contributed by atoms with van der Waals surface area (Å²) in [4.78, 5) is 15.0. The number of nitrogens with zero attached hydrogens (tertiary/aromatic N) is 1. The molecule has 0 atom stereocenters.